The smallest absolute Gasteiger partial charge is 0.231 e. The predicted octanol–water partition coefficient (Wildman–Crippen LogP) is 2.28. The summed E-state index contributed by atoms with van der Waals surface area (Å²) < 4.78 is 5.29. The van der Waals surface area contributed by atoms with Crippen LogP contribution in [0.25, 0.3) is 0 Å². The molecule has 0 saturated carbocycles. The second kappa shape index (κ2) is 7.14. The number of carbonyl (C=O) groups is 1. The van der Waals surface area contributed by atoms with Gasteiger partial charge in [0.05, 0.1) is 18.7 Å². The first-order chi connectivity index (χ1) is 9.01. The maximum Gasteiger partial charge on any atom is 0.231 e. The molecule has 0 spiro atoms. The van der Waals surface area contributed by atoms with E-state index in [0.29, 0.717) is 18.2 Å². The van der Waals surface area contributed by atoms with Crippen LogP contribution in [0.3, 0.4) is 0 Å². The minimum absolute atomic E-state index is 0.0423. The van der Waals surface area contributed by atoms with E-state index in [4.69, 9.17) is 10.5 Å². The van der Waals surface area contributed by atoms with Crippen LogP contribution in [0.15, 0.2) is 24.3 Å². The number of nitrogens with zero attached hydrogens (tertiary/aromatic N) is 1. The van der Waals surface area contributed by atoms with E-state index in [1.54, 1.807) is 19.1 Å². The number of nitrogens with two attached hydrogens (primary N) is 1. The molecule has 1 amide bonds. The number of rotatable bonds is 6. The number of benzene rings is 1. The Bertz CT molecular complexity index is 418. The van der Waals surface area contributed by atoms with Gasteiger partial charge in [-0.25, -0.2) is 0 Å². The molecule has 2 N–H and O–H groups in total. The Labute approximate surface area is 115 Å². The molecule has 0 aliphatic heterocycles. The largest absolute Gasteiger partial charge is 0.495 e. The molecular formula is C15H24N2O2. The van der Waals surface area contributed by atoms with Gasteiger partial charge in [-0.05, 0) is 24.5 Å². The molecule has 1 aromatic rings. The van der Waals surface area contributed by atoms with Gasteiger partial charge in [-0.15, -0.1) is 0 Å². The highest BCUT2D eigenvalue weighted by molar-refractivity contribution is 5.96. The third-order valence-corrected chi connectivity index (χ3v) is 3.17. The van der Waals surface area contributed by atoms with Gasteiger partial charge in [0.15, 0.2) is 0 Å². The lowest BCUT2D eigenvalue weighted by atomic mass is 9.96. The van der Waals surface area contributed by atoms with Crippen LogP contribution in [0.2, 0.25) is 0 Å². The Balaban J connectivity index is 2.91. The zero-order chi connectivity index (χ0) is 14.4. The molecule has 1 aromatic carbocycles. The molecular weight excluding hydrogens is 240 g/mol. The van der Waals surface area contributed by atoms with E-state index in [9.17, 15) is 4.79 Å². The number of ether oxygens (including phenoxy) is 1. The summed E-state index contributed by atoms with van der Waals surface area (Å²) in [7, 11) is 3.37. The number of methoxy groups -OCH3 is 1. The van der Waals surface area contributed by atoms with Crippen LogP contribution in [0.5, 0.6) is 5.75 Å². The SMILES string of the molecule is COc1ccccc1N(C)C(=O)C(CN)CC(C)C. The zero-order valence-corrected chi connectivity index (χ0v) is 12.2. The highest BCUT2D eigenvalue weighted by Gasteiger charge is 2.24. The van der Waals surface area contributed by atoms with Gasteiger partial charge >= 0.3 is 0 Å². The van der Waals surface area contributed by atoms with Gasteiger partial charge in [0.2, 0.25) is 5.91 Å². The molecule has 0 radical (unpaired) electrons. The van der Waals surface area contributed by atoms with Crippen molar-refractivity contribution in [1.29, 1.82) is 0 Å². The number of carbonyl (C=O) groups excluding carboxylic acids is 1. The lowest BCUT2D eigenvalue weighted by molar-refractivity contribution is -0.122. The summed E-state index contributed by atoms with van der Waals surface area (Å²) in [5, 5.41) is 0. The number of hydrogen-bond acceptors (Lipinski definition) is 3. The van der Waals surface area contributed by atoms with Crippen molar-refractivity contribution in [3.63, 3.8) is 0 Å². The molecule has 0 saturated heterocycles. The van der Waals surface area contributed by atoms with E-state index in [-0.39, 0.29) is 11.8 Å². The lowest BCUT2D eigenvalue weighted by Gasteiger charge is -2.25. The van der Waals surface area contributed by atoms with E-state index in [1.807, 2.05) is 24.3 Å². The Morgan fingerprint density at radius 3 is 2.53 bits per heavy atom. The first-order valence-corrected chi connectivity index (χ1v) is 6.61. The maximum atomic E-state index is 12.5. The van der Waals surface area contributed by atoms with Crippen molar-refractivity contribution in [2.75, 3.05) is 25.6 Å². The predicted molar refractivity (Wildman–Crippen MR) is 78.4 cm³/mol. The Hall–Kier alpha value is -1.55. The summed E-state index contributed by atoms with van der Waals surface area (Å²) in [6, 6.07) is 7.50. The highest BCUT2D eigenvalue weighted by atomic mass is 16.5. The second-order valence-electron chi connectivity index (χ2n) is 5.13. The van der Waals surface area contributed by atoms with E-state index in [0.717, 1.165) is 12.1 Å². The summed E-state index contributed by atoms with van der Waals surface area (Å²) in [6.45, 7) is 4.56. The van der Waals surface area contributed by atoms with Gasteiger partial charge in [-0.3, -0.25) is 4.79 Å². The summed E-state index contributed by atoms with van der Waals surface area (Å²) in [6.07, 6.45) is 0.800. The fourth-order valence-electron chi connectivity index (χ4n) is 2.17. The topological polar surface area (TPSA) is 55.6 Å². The van der Waals surface area contributed by atoms with E-state index >= 15 is 0 Å². The third kappa shape index (κ3) is 3.96. The quantitative estimate of drug-likeness (QED) is 0.857. The van der Waals surface area contributed by atoms with Crippen LogP contribution in [0.4, 0.5) is 5.69 Å². The number of anilines is 1. The van der Waals surface area contributed by atoms with Crippen molar-refractivity contribution >= 4 is 11.6 Å². The van der Waals surface area contributed by atoms with E-state index < -0.39 is 0 Å². The molecule has 4 heteroatoms. The zero-order valence-electron chi connectivity index (χ0n) is 12.2. The molecule has 1 unspecified atom stereocenters. The molecule has 1 atom stereocenters. The van der Waals surface area contributed by atoms with Gasteiger partial charge < -0.3 is 15.4 Å². The van der Waals surface area contributed by atoms with Crippen molar-refractivity contribution in [1.82, 2.24) is 0 Å². The molecule has 0 aliphatic carbocycles. The van der Waals surface area contributed by atoms with Crippen LogP contribution >= 0.6 is 0 Å². The van der Waals surface area contributed by atoms with Crippen LogP contribution in [0, 0.1) is 11.8 Å². The summed E-state index contributed by atoms with van der Waals surface area (Å²) in [4.78, 5) is 14.1. The van der Waals surface area contributed by atoms with Crippen molar-refractivity contribution in [2.45, 2.75) is 20.3 Å². The van der Waals surface area contributed by atoms with Crippen LogP contribution in [0.1, 0.15) is 20.3 Å². The molecule has 0 fully saturated rings. The molecule has 106 valence electrons. The van der Waals surface area contributed by atoms with Gasteiger partial charge in [-0.1, -0.05) is 26.0 Å². The van der Waals surface area contributed by atoms with Crippen LogP contribution in [-0.4, -0.2) is 26.6 Å². The van der Waals surface area contributed by atoms with Gasteiger partial charge in [0.25, 0.3) is 0 Å². The van der Waals surface area contributed by atoms with Gasteiger partial charge in [-0.2, -0.15) is 0 Å². The fourth-order valence-corrected chi connectivity index (χ4v) is 2.17. The van der Waals surface area contributed by atoms with Crippen molar-refractivity contribution in [3.8, 4) is 5.75 Å². The monoisotopic (exact) mass is 264 g/mol. The molecule has 0 heterocycles. The molecule has 19 heavy (non-hydrogen) atoms. The number of amides is 1. The average Bonchev–Trinajstić information content (AvgIpc) is 2.42. The number of hydrogen-bond donors (Lipinski definition) is 1. The van der Waals surface area contributed by atoms with E-state index in [2.05, 4.69) is 13.8 Å². The lowest BCUT2D eigenvalue weighted by Crippen LogP contribution is -2.37. The average molecular weight is 264 g/mol. The molecule has 0 aliphatic rings. The van der Waals surface area contributed by atoms with Crippen molar-refractivity contribution in [3.05, 3.63) is 24.3 Å². The van der Waals surface area contributed by atoms with Gasteiger partial charge in [0, 0.05) is 13.6 Å². The highest BCUT2D eigenvalue weighted by Crippen LogP contribution is 2.28. The Morgan fingerprint density at radius 1 is 1.37 bits per heavy atom. The summed E-state index contributed by atoms with van der Waals surface area (Å²) >= 11 is 0. The van der Waals surface area contributed by atoms with Crippen LogP contribution in [-0.2, 0) is 4.79 Å². The fraction of sp³-hybridized carbons (Fsp3) is 0.533. The molecule has 0 aromatic heterocycles. The normalized spacial score (nSPS) is 12.3. The summed E-state index contributed by atoms with van der Waals surface area (Å²) in [5.74, 6) is 1.04. The molecule has 1 rings (SSSR count). The minimum Gasteiger partial charge on any atom is -0.495 e. The Morgan fingerprint density at radius 2 is 2.00 bits per heavy atom. The van der Waals surface area contributed by atoms with Crippen molar-refractivity contribution < 1.29 is 9.53 Å². The number of para-hydroxylation sites is 2. The minimum atomic E-state index is -0.144. The van der Waals surface area contributed by atoms with Gasteiger partial charge in [0.1, 0.15) is 5.75 Å². The second-order valence-corrected chi connectivity index (χ2v) is 5.13. The molecule has 0 bridgehead atoms. The molecule has 4 nitrogen and oxygen atoms in total. The first-order valence-electron chi connectivity index (χ1n) is 6.61. The van der Waals surface area contributed by atoms with E-state index in [1.165, 1.54) is 0 Å². The maximum absolute atomic E-state index is 12.5. The summed E-state index contributed by atoms with van der Waals surface area (Å²) in [5.41, 5.74) is 6.50. The Kier molecular flexibility index (Phi) is 5.83. The van der Waals surface area contributed by atoms with Crippen molar-refractivity contribution in [2.24, 2.45) is 17.6 Å². The standard InChI is InChI=1S/C15H24N2O2/c1-11(2)9-12(10-16)15(18)17(3)13-7-5-6-8-14(13)19-4/h5-8,11-12H,9-10,16H2,1-4H3. The first kappa shape index (κ1) is 15.5. The third-order valence-electron chi connectivity index (χ3n) is 3.17. The van der Waals surface area contributed by atoms with Crippen LogP contribution < -0.4 is 15.4 Å².